The molecule has 0 bridgehead atoms. The second-order valence-electron chi connectivity index (χ2n) is 5.91. The van der Waals surface area contributed by atoms with E-state index in [2.05, 4.69) is 11.3 Å². The highest BCUT2D eigenvalue weighted by Crippen LogP contribution is 2.42. The Morgan fingerprint density at radius 2 is 1.36 bits per heavy atom. The molecule has 0 saturated heterocycles. The molecule has 0 rings (SSSR count). The van der Waals surface area contributed by atoms with Gasteiger partial charge in [-0.3, -0.25) is 9.59 Å². The van der Waals surface area contributed by atoms with Crippen molar-refractivity contribution in [2.45, 2.75) is 40.0 Å². The molecule has 2 unspecified atom stereocenters. The zero-order valence-electron chi connectivity index (χ0n) is 14.3. The molecule has 0 amide bonds. The molecule has 0 heterocycles. The second kappa shape index (κ2) is 7.96. The van der Waals surface area contributed by atoms with Gasteiger partial charge in [0.2, 0.25) is 0 Å². The number of esters is 3. The Balaban J connectivity index is 5.53. The Morgan fingerprint density at radius 1 is 0.909 bits per heavy atom. The van der Waals surface area contributed by atoms with Gasteiger partial charge >= 0.3 is 17.9 Å². The first-order valence-corrected chi connectivity index (χ1v) is 7.03. The van der Waals surface area contributed by atoms with Crippen LogP contribution in [0, 0.1) is 10.8 Å². The molecule has 22 heavy (non-hydrogen) atoms. The monoisotopic (exact) mass is 314 g/mol. The van der Waals surface area contributed by atoms with Crippen LogP contribution in [-0.4, -0.2) is 39.2 Å². The minimum absolute atomic E-state index is 0.0406. The highest BCUT2D eigenvalue weighted by molar-refractivity contribution is 5.89. The largest absolute Gasteiger partial charge is 0.469 e. The summed E-state index contributed by atoms with van der Waals surface area (Å²) in [5.74, 6) is -1.51. The van der Waals surface area contributed by atoms with Crippen LogP contribution in [0.3, 0.4) is 0 Å². The summed E-state index contributed by atoms with van der Waals surface area (Å²) in [7, 11) is 3.82. The summed E-state index contributed by atoms with van der Waals surface area (Å²) >= 11 is 0. The maximum absolute atomic E-state index is 12.2. The molecule has 0 aliphatic carbocycles. The van der Waals surface area contributed by atoms with Crippen LogP contribution in [-0.2, 0) is 28.6 Å². The zero-order chi connectivity index (χ0) is 17.6. The number of hydrogen-bond donors (Lipinski definition) is 0. The molecule has 0 aromatic carbocycles. The van der Waals surface area contributed by atoms with E-state index in [0.717, 1.165) is 0 Å². The minimum Gasteiger partial charge on any atom is -0.469 e. The predicted molar refractivity (Wildman–Crippen MR) is 80.9 cm³/mol. The number of methoxy groups -OCH3 is 3. The fraction of sp³-hybridized carbons (Fsp3) is 0.688. The first-order valence-electron chi connectivity index (χ1n) is 7.03. The van der Waals surface area contributed by atoms with Gasteiger partial charge in [-0.25, -0.2) is 4.79 Å². The van der Waals surface area contributed by atoms with Gasteiger partial charge in [0.1, 0.15) is 0 Å². The van der Waals surface area contributed by atoms with Crippen molar-refractivity contribution in [3.63, 3.8) is 0 Å². The topological polar surface area (TPSA) is 78.9 Å². The summed E-state index contributed by atoms with van der Waals surface area (Å²) in [5, 5.41) is 0. The van der Waals surface area contributed by atoms with Gasteiger partial charge in [0.25, 0.3) is 0 Å². The number of carbonyl (C=O) groups is 3. The van der Waals surface area contributed by atoms with Gasteiger partial charge in [-0.2, -0.15) is 0 Å². The van der Waals surface area contributed by atoms with Crippen LogP contribution < -0.4 is 0 Å². The molecule has 0 aliphatic rings. The lowest BCUT2D eigenvalue weighted by Gasteiger charge is -2.35. The third-order valence-electron chi connectivity index (χ3n) is 3.99. The van der Waals surface area contributed by atoms with Crippen molar-refractivity contribution in [3.8, 4) is 0 Å². The third-order valence-corrected chi connectivity index (χ3v) is 3.99. The van der Waals surface area contributed by atoms with Gasteiger partial charge in [-0.15, -0.1) is 0 Å². The van der Waals surface area contributed by atoms with E-state index in [1.807, 2.05) is 6.92 Å². The highest BCUT2D eigenvalue weighted by atomic mass is 16.5. The summed E-state index contributed by atoms with van der Waals surface area (Å²) in [6.07, 6.45) is 0.696. The van der Waals surface area contributed by atoms with Crippen molar-refractivity contribution in [2.75, 3.05) is 21.3 Å². The molecule has 0 fully saturated rings. The Hall–Kier alpha value is -1.85. The molecule has 0 spiro atoms. The first kappa shape index (κ1) is 20.1. The molecule has 6 nitrogen and oxygen atoms in total. The standard InChI is InChI=1S/C16H26O6/c1-8-15(3,13(18)21-6)10-16(4,14(19)22-7)9-11(2)12(17)20-5/h2,8-10H2,1,3-7H3. The summed E-state index contributed by atoms with van der Waals surface area (Å²) in [6.45, 7) is 8.85. The van der Waals surface area contributed by atoms with Gasteiger partial charge in [-0.1, -0.05) is 13.5 Å². The lowest BCUT2D eigenvalue weighted by atomic mass is 9.69. The van der Waals surface area contributed by atoms with Gasteiger partial charge in [-0.05, 0) is 33.1 Å². The number of carbonyl (C=O) groups excluding carboxylic acids is 3. The lowest BCUT2D eigenvalue weighted by molar-refractivity contribution is -0.160. The van der Waals surface area contributed by atoms with Crippen molar-refractivity contribution < 1.29 is 28.6 Å². The Bertz CT molecular complexity index is 456. The average molecular weight is 314 g/mol. The van der Waals surface area contributed by atoms with Crippen LogP contribution in [0.5, 0.6) is 0 Å². The van der Waals surface area contributed by atoms with Crippen molar-refractivity contribution in [1.29, 1.82) is 0 Å². The van der Waals surface area contributed by atoms with Gasteiger partial charge in [0, 0.05) is 5.57 Å². The number of hydrogen-bond acceptors (Lipinski definition) is 6. The summed E-state index contributed by atoms with van der Waals surface area (Å²) in [5.41, 5.74) is -1.80. The van der Waals surface area contributed by atoms with E-state index >= 15 is 0 Å². The van der Waals surface area contributed by atoms with Crippen molar-refractivity contribution in [3.05, 3.63) is 12.2 Å². The van der Waals surface area contributed by atoms with Crippen LogP contribution in [0.15, 0.2) is 12.2 Å². The Morgan fingerprint density at radius 3 is 1.73 bits per heavy atom. The van der Waals surface area contributed by atoms with E-state index in [4.69, 9.17) is 9.47 Å². The fourth-order valence-electron chi connectivity index (χ4n) is 2.59. The average Bonchev–Trinajstić information content (AvgIpc) is 2.51. The molecule has 0 N–H and O–H groups in total. The smallest absolute Gasteiger partial charge is 0.333 e. The van der Waals surface area contributed by atoms with Crippen LogP contribution in [0.4, 0.5) is 0 Å². The van der Waals surface area contributed by atoms with Gasteiger partial charge in [0.15, 0.2) is 0 Å². The molecule has 0 aromatic heterocycles. The highest BCUT2D eigenvalue weighted by Gasteiger charge is 2.46. The summed E-state index contributed by atoms with van der Waals surface area (Å²) < 4.78 is 14.3. The first-order chi connectivity index (χ1) is 10.1. The molecule has 2 atom stereocenters. The van der Waals surface area contributed by atoms with Crippen LogP contribution in [0.25, 0.3) is 0 Å². The number of ether oxygens (including phenoxy) is 3. The van der Waals surface area contributed by atoms with E-state index in [1.54, 1.807) is 13.8 Å². The van der Waals surface area contributed by atoms with Gasteiger partial charge in [0.05, 0.1) is 32.2 Å². The van der Waals surface area contributed by atoms with E-state index in [-0.39, 0.29) is 18.4 Å². The molecule has 0 aromatic rings. The third kappa shape index (κ3) is 4.58. The lowest BCUT2D eigenvalue weighted by Crippen LogP contribution is -2.40. The van der Waals surface area contributed by atoms with E-state index < -0.39 is 28.7 Å². The minimum atomic E-state index is -1.08. The molecule has 0 radical (unpaired) electrons. The molecular weight excluding hydrogens is 288 g/mol. The normalized spacial score (nSPS) is 15.9. The molecular formula is C16H26O6. The van der Waals surface area contributed by atoms with Crippen LogP contribution in [0.1, 0.15) is 40.0 Å². The molecule has 126 valence electrons. The van der Waals surface area contributed by atoms with Crippen molar-refractivity contribution in [1.82, 2.24) is 0 Å². The number of rotatable bonds is 8. The fourth-order valence-corrected chi connectivity index (χ4v) is 2.59. The Kier molecular flexibility index (Phi) is 7.29. The quantitative estimate of drug-likeness (QED) is 0.388. The van der Waals surface area contributed by atoms with E-state index in [0.29, 0.717) is 6.42 Å². The predicted octanol–water partition coefficient (Wildman–Crippen LogP) is 2.26. The molecule has 0 aliphatic heterocycles. The molecule has 0 saturated carbocycles. The maximum Gasteiger partial charge on any atom is 0.333 e. The van der Waals surface area contributed by atoms with Crippen LogP contribution >= 0.6 is 0 Å². The van der Waals surface area contributed by atoms with Crippen molar-refractivity contribution in [2.24, 2.45) is 10.8 Å². The summed E-state index contributed by atoms with van der Waals surface area (Å²) in [4.78, 5) is 35.8. The van der Waals surface area contributed by atoms with Crippen LogP contribution in [0.2, 0.25) is 0 Å². The van der Waals surface area contributed by atoms with E-state index in [9.17, 15) is 14.4 Å². The molecule has 6 heteroatoms. The Labute approximate surface area is 131 Å². The van der Waals surface area contributed by atoms with Gasteiger partial charge < -0.3 is 14.2 Å². The maximum atomic E-state index is 12.2. The SMILES string of the molecule is C=C(CC(C)(CC(C)(CC)C(=O)OC)C(=O)OC)C(=O)OC. The zero-order valence-corrected chi connectivity index (χ0v) is 14.3. The second-order valence-corrected chi connectivity index (χ2v) is 5.91. The van der Waals surface area contributed by atoms with Crippen molar-refractivity contribution >= 4 is 17.9 Å². The van der Waals surface area contributed by atoms with E-state index in [1.165, 1.54) is 21.3 Å². The summed E-state index contributed by atoms with van der Waals surface area (Å²) in [6, 6.07) is 0.